The molecule has 3 nitrogen and oxygen atoms in total. The van der Waals surface area contributed by atoms with Crippen LogP contribution in [0.1, 0.15) is 27.2 Å². The summed E-state index contributed by atoms with van der Waals surface area (Å²) in [5.74, 6) is 0. The minimum atomic E-state index is -5.42. The zero-order valence-corrected chi connectivity index (χ0v) is 9.00. The maximum absolute atomic E-state index is 11.7. The van der Waals surface area contributed by atoms with Crippen LogP contribution in [0.25, 0.3) is 0 Å². The van der Waals surface area contributed by atoms with Crippen LogP contribution in [0.15, 0.2) is 0 Å². The molecule has 0 aromatic heterocycles. The molecule has 0 aliphatic rings. The number of hydrogen-bond donors (Lipinski definition) is 0. The van der Waals surface area contributed by atoms with Gasteiger partial charge in [-0.1, -0.05) is 20.8 Å². The number of rotatable bonds is 3. The Morgan fingerprint density at radius 1 is 1.14 bits per heavy atom. The normalized spacial score (nSPS) is 14.4. The maximum Gasteiger partial charge on any atom is 0.523 e. The predicted molar refractivity (Wildman–Crippen MR) is 45.0 cm³/mol. The topological polar surface area (TPSA) is 43.4 Å². The number of alkyl halides is 3. The van der Waals surface area contributed by atoms with E-state index in [1.807, 2.05) is 0 Å². The van der Waals surface area contributed by atoms with Crippen molar-refractivity contribution in [3.63, 3.8) is 0 Å². The standard InChI is InChI=1S/C7H13F3O3S/c1-6(2,3)4-5-13-14(11,12)7(8,9)10/h4-5H2,1-3H3. The highest BCUT2D eigenvalue weighted by molar-refractivity contribution is 7.87. The predicted octanol–water partition coefficient (Wildman–Crippen LogP) is 2.29. The quantitative estimate of drug-likeness (QED) is 0.556. The molecule has 0 spiro atoms. The minimum Gasteiger partial charge on any atom is -0.263 e. The summed E-state index contributed by atoms with van der Waals surface area (Å²) in [7, 11) is -5.42. The molecule has 0 aromatic carbocycles. The van der Waals surface area contributed by atoms with E-state index in [4.69, 9.17) is 0 Å². The van der Waals surface area contributed by atoms with Crippen LogP contribution in [0.4, 0.5) is 13.2 Å². The molecule has 0 aromatic rings. The van der Waals surface area contributed by atoms with E-state index < -0.39 is 22.2 Å². The van der Waals surface area contributed by atoms with Crippen molar-refractivity contribution in [2.75, 3.05) is 6.61 Å². The molecule has 0 unspecified atom stereocenters. The van der Waals surface area contributed by atoms with Crippen molar-refractivity contribution in [2.45, 2.75) is 32.7 Å². The molecule has 0 saturated carbocycles. The van der Waals surface area contributed by atoms with Crippen LogP contribution in [0.5, 0.6) is 0 Å². The van der Waals surface area contributed by atoms with Crippen LogP contribution in [0, 0.1) is 5.41 Å². The van der Waals surface area contributed by atoms with Gasteiger partial charge in [-0.25, -0.2) is 0 Å². The lowest BCUT2D eigenvalue weighted by Crippen LogP contribution is -2.26. The van der Waals surface area contributed by atoms with Gasteiger partial charge in [0.15, 0.2) is 0 Å². The Morgan fingerprint density at radius 3 is 1.86 bits per heavy atom. The zero-order valence-electron chi connectivity index (χ0n) is 8.18. The molecule has 0 heterocycles. The average molecular weight is 234 g/mol. The summed E-state index contributed by atoms with van der Waals surface area (Å²) in [6.45, 7) is 4.87. The van der Waals surface area contributed by atoms with Crippen LogP contribution >= 0.6 is 0 Å². The first kappa shape index (κ1) is 13.7. The van der Waals surface area contributed by atoms with Gasteiger partial charge >= 0.3 is 15.6 Å². The van der Waals surface area contributed by atoms with Crippen LogP contribution in [-0.2, 0) is 14.3 Å². The van der Waals surface area contributed by atoms with Gasteiger partial charge in [0.1, 0.15) is 0 Å². The molecule has 0 saturated heterocycles. The Labute approximate surface area is 81.4 Å². The fourth-order valence-corrected chi connectivity index (χ4v) is 0.961. The van der Waals surface area contributed by atoms with E-state index in [1.54, 1.807) is 20.8 Å². The SMILES string of the molecule is CC(C)(C)CCOS(=O)(=O)C(F)(F)F. The highest BCUT2D eigenvalue weighted by atomic mass is 32.2. The lowest BCUT2D eigenvalue weighted by Gasteiger charge is -2.17. The van der Waals surface area contributed by atoms with Gasteiger partial charge in [-0.3, -0.25) is 4.18 Å². The van der Waals surface area contributed by atoms with Gasteiger partial charge < -0.3 is 0 Å². The minimum absolute atomic E-state index is 0.238. The molecule has 0 bridgehead atoms. The molecule has 14 heavy (non-hydrogen) atoms. The van der Waals surface area contributed by atoms with Crippen molar-refractivity contribution in [3.05, 3.63) is 0 Å². The Morgan fingerprint density at radius 2 is 1.57 bits per heavy atom. The summed E-state index contributed by atoms with van der Waals surface area (Å²) in [5, 5.41) is 0. The van der Waals surface area contributed by atoms with E-state index in [9.17, 15) is 21.6 Å². The summed E-state index contributed by atoms with van der Waals surface area (Å²) < 4.78 is 59.8. The van der Waals surface area contributed by atoms with Crippen LogP contribution in [-0.4, -0.2) is 20.5 Å². The fourth-order valence-electron chi connectivity index (χ4n) is 0.524. The van der Waals surface area contributed by atoms with Gasteiger partial charge in [-0.15, -0.1) is 0 Å². The molecule has 0 amide bonds. The van der Waals surface area contributed by atoms with Gasteiger partial charge in [-0.05, 0) is 11.8 Å². The summed E-state index contributed by atoms with van der Waals surface area (Å²) in [4.78, 5) is 0. The molecular formula is C7H13F3O3S. The molecule has 0 rings (SSSR count). The third-order valence-corrected chi connectivity index (χ3v) is 2.42. The highest BCUT2D eigenvalue weighted by Gasteiger charge is 2.47. The third-order valence-electron chi connectivity index (χ3n) is 1.37. The second kappa shape index (κ2) is 4.06. The Balaban J connectivity index is 4.17. The molecule has 0 atom stereocenters. The zero-order chi connectivity index (χ0) is 11.6. The second-order valence-corrected chi connectivity index (χ2v) is 5.64. The molecule has 7 heteroatoms. The van der Waals surface area contributed by atoms with Crippen molar-refractivity contribution in [2.24, 2.45) is 5.41 Å². The Hall–Kier alpha value is -0.300. The fraction of sp³-hybridized carbons (Fsp3) is 1.00. The molecule has 0 N–H and O–H groups in total. The first-order chi connectivity index (χ1) is 5.96. The van der Waals surface area contributed by atoms with Crippen molar-refractivity contribution in [3.8, 4) is 0 Å². The van der Waals surface area contributed by atoms with Crippen molar-refractivity contribution in [1.29, 1.82) is 0 Å². The van der Waals surface area contributed by atoms with Gasteiger partial charge in [0.05, 0.1) is 6.61 Å². The van der Waals surface area contributed by atoms with Gasteiger partial charge in [-0.2, -0.15) is 21.6 Å². The first-order valence-electron chi connectivity index (χ1n) is 3.91. The van der Waals surface area contributed by atoms with Crippen LogP contribution in [0.3, 0.4) is 0 Å². The number of hydrogen-bond acceptors (Lipinski definition) is 3. The summed E-state index contributed by atoms with van der Waals surface area (Å²) in [6.07, 6.45) is 0.238. The largest absolute Gasteiger partial charge is 0.523 e. The van der Waals surface area contributed by atoms with Crippen molar-refractivity contribution >= 4 is 10.1 Å². The van der Waals surface area contributed by atoms with Crippen LogP contribution in [0.2, 0.25) is 0 Å². The highest BCUT2D eigenvalue weighted by Crippen LogP contribution is 2.26. The maximum atomic E-state index is 11.7. The lowest BCUT2D eigenvalue weighted by molar-refractivity contribution is -0.0546. The van der Waals surface area contributed by atoms with E-state index in [1.165, 1.54) is 0 Å². The van der Waals surface area contributed by atoms with E-state index in [-0.39, 0.29) is 11.8 Å². The lowest BCUT2D eigenvalue weighted by atomic mass is 9.93. The third kappa shape index (κ3) is 4.80. The van der Waals surface area contributed by atoms with E-state index in [0.717, 1.165) is 0 Å². The molecular weight excluding hydrogens is 221 g/mol. The molecule has 0 radical (unpaired) electrons. The van der Waals surface area contributed by atoms with Gasteiger partial charge in [0.25, 0.3) is 0 Å². The van der Waals surface area contributed by atoms with Crippen molar-refractivity contribution in [1.82, 2.24) is 0 Å². The van der Waals surface area contributed by atoms with E-state index in [2.05, 4.69) is 4.18 Å². The summed E-state index contributed by atoms with van der Waals surface area (Å²) in [5.41, 5.74) is -5.59. The average Bonchev–Trinajstić information content (AvgIpc) is 1.80. The van der Waals surface area contributed by atoms with Crippen molar-refractivity contribution < 1.29 is 25.8 Å². The monoisotopic (exact) mass is 234 g/mol. The Bertz CT molecular complexity index is 274. The van der Waals surface area contributed by atoms with Gasteiger partial charge in [0.2, 0.25) is 0 Å². The smallest absolute Gasteiger partial charge is 0.263 e. The second-order valence-electron chi connectivity index (χ2n) is 4.03. The molecule has 0 fully saturated rings. The number of halogens is 3. The Kier molecular flexibility index (Phi) is 3.97. The summed E-state index contributed by atoms with van der Waals surface area (Å²) in [6, 6.07) is 0. The van der Waals surface area contributed by atoms with Crippen LogP contribution < -0.4 is 0 Å². The van der Waals surface area contributed by atoms with E-state index >= 15 is 0 Å². The molecule has 0 aliphatic carbocycles. The van der Waals surface area contributed by atoms with E-state index in [0.29, 0.717) is 0 Å². The van der Waals surface area contributed by atoms with Gasteiger partial charge in [0, 0.05) is 0 Å². The first-order valence-corrected chi connectivity index (χ1v) is 5.32. The summed E-state index contributed by atoms with van der Waals surface area (Å²) >= 11 is 0. The molecule has 86 valence electrons. The molecule has 0 aliphatic heterocycles.